The molecule has 0 aliphatic carbocycles. The molecule has 3 rings (SSSR count). The molecule has 1 N–H and O–H groups in total. The van der Waals surface area contributed by atoms with Crippen LogP contribution < -0.4 is 5.32 Å². The van der Waals surface area contributed by atoms with Crippen LogP contribution in [0.5, 0.6) is 0 Å². The summed E-state index contributed by atoms with van der Waals surface area (Å²) in [5, 5.41) is 2.19. The molecule has 0 bridgehead atoms. The lowest BCUT2D eigenvalue weighted by molar-refractivity contribution is -0.136. The number of fused-ring (bicyclic) bond motifs is 1. The quantitative estimate of drug-likeness (QED) is 0.857. The Hall–Kier alpha value is -2.50. The molecule has 0 aromatic heterocycles. The van der Waals surface area contributed by atoms with Gasteiger partial charge in [-0.2, -0.15) is 0 Å². The second-order valence-corrected chi connectivity index (χ2v) is 6.95. The van der Waals surface area contributed by atoms with Gasteiger partial charge in [0.1, 0.15) is 6.04 Å². The van der Waals surface area contributed by atoms with Crippen molar-refractivity contribution < 1.29 is 19.2 Å². The summed E-state index contributed by atoms with van der Waals surface area (Å²) < 4.78 is 0. The predicted octanol–water partition coefficient (Wildman–Crippen LogP) is 1.78. The third-order valence-electron chi connectivity index (χ3n) is 5.11. The standard InChI is InChI=1S/C18H20N2O4/c1-4-18(2,3)10-5-6-11-12(9-10)17(24)20(16(11)23)13-7-8-14(21)19-15(13)22/h5-6,9,13H,4,7-8H2,1-3H3,(H,19,21,22). The molecule has 1 aromatic rings. The Morgan fingerprint density at radius 1 is 1.12 bits per heavy atom. The molecule has 0 radical (unpaired) electrons. The van der Waals surface area contributed by atoms with Crippen LogP contribution in [0.1, 0.15) is 66.3 Å². The van der Waals surface area contributed by atoms with E-state index in [0.29, 0.717) is 11.1 Å². The van der Waals surface area contributed by atoms with Gasteiger partial charge in [-0.1, -0.05) is 26.8 Å². The zero-order valence-corrected chi connectivity index (χ0v) is 14.0. The van der Waals surface area contributed by atoms with Gasteiger partial charge in [-0.25, -0.2) is 0 Å². The highest BCUT2D eigenvalue weighted by molar-refractivity contribution is 6.23. The van der Waals surface area contributed by atoms with Crippen molar-refractivity contribution in [3.05, 3.63) is 34.9 Å². The average molecular weight is 328 g/mol. The van der Waals surface area contributed by atoms with Crippen LogP contribution in [0.4, 0.5) is 0 Å². The molecule has 2 aliphatic rings. The van der Waals surface area contributed by atoms with E-state index in [2.05, 4.69) is 26.1 Å². The van der Waals surface area contributed by atoms with Crippen molar-refractivity contribution in [3.63, 3.8) is 0 Å². The summed E-state index contributed by atoms with van der Waals surface area (Å²) in [5.74, 6) is -1.89. The number of rotatable bonds is 3. The van der Waals surface area contributed by atoms with Gasteiger partial charge in [0.2, 0.25) is 11.8 Å². The zero-order valence-electron chi connectivity index (χ0n) is 14.0. The van der Waals surface area contributed by atoms with Gasteiger partial charge in [0, 0.05) is 6.42 Å². The lowest BCUT2D eigenvalue weighted by Gasteiger charge is -2.27. The molecule has 126 valence electrons. The summed E-state index contributed by atoms with van der Waals surface area (Å²) >= 11 is 0. The van der Waals surface area contributed by atoms with Gasteiger partial charge in [-0.3, -0.25) is 29.4 Å². The lowest BCUT2D eigenvalue weighted by atomic mass is 9.81. The molecule has 1 saturated heterocycles. The first kappa shape index (κ1) is 16.4. The largest absolute Gasteiger partial charge is 0.295 e. The fourth-order valence-corrected chi connectivity index (χ4v) is 3.10. The molecule has 4 amide bonds. The third kappa shape index (κ3) is 2.42. The topological polar surface area (TPSA) is 83.6 Å². The van der Waals surface area contributed by atoms with E-state index in [1.54, 1.807) is 12.1 Å². The number of hydrogen-bond acceptors (Lipinski definition) is 4. The Kier molecular flexibility index (Phi) is 3.78. The van der Waals surface area contributed by atoms with Crippen LogP contribution in [0, 0.1) is 0 Å². The van der Waals surface area contributed by atoms with Crippen LogP contribution in [-0.4, -0.2) is 34.6 Å². The summed E-state index contributed by atoms with van der Waals surface area (Å²) in [5.41, 5.74) is 1.53. The molecule has 1 atom stereocenters. The molecule has 0 spiro atoms. The first-order chi connectivity index (χ1) is 11.3. The third-order valence-corrected chi connectivity index (χ3v) is 5.11. The molecule has 2 aliphatic heterocycles. The first-order valence-electron chi connectivity index (χ1n) is 8.12. The van der Waals surface area contributed by atoms with Crippen LogP contribution in [0.2, 0.25) is 0 Å². The van der Waals surface area contributed by atoms with Gasteiger partial charge < -0.3 is 0 Å². The van der Waals surface area contributed by atoms with Gasteiger partial charge in [0.25, 0.3) is 11.8 Å². The average Bonchev–Trinajstić information content (AvgIpc) is 2.79. The summed E-state index contributed by atoms with van der Waals surface area (Å²) in [4.78, 5) is 49.7. The smallest absolute Gasteiger partial charge is 0.262 e. The Morgan fingerprint density at radius 3 is 2.42 bits per heavy atom. The molecule has 6 nitrogen and oxygen atoms in total. The van der Waals surface area contributed by atoms with Crippen molar-refractivity contribution in [3.8, 4) is 0 Å². The van der Waals surface area contributed by atoms with Crippen molar-refractivity contribution >= 4 is 23.6 Å². The van der Waals surface area contributed by atoms with Crippen molar-refractivity contribution in [1.29, 1.82) is 0 Å². The lowest BCUT2D eigenvalue weighted by Crippen LogP contribution is -2.54. The Morgan fingerprint density at radius 2 is 1.79 bits per heavy atom. The minimum atomic E-state index is -0.919. The number of imide groups is 2. The summed E-state index contributed by atoms with van der Waals surface area (Å²) in [6, 6.07) is 4.36. The van der Waals surface area contributed by atoms with Crippen molar-refractivity contribution in [2.75, 3.05) is 0 Å². The van der Waals surface area contributed by atoms with Crippen LogP contribution >= 0.6 is 0 Å². The van der Waals surface area contributed by atoms with Crippen molar-refractivity contribution in [2.24, 2.45) is 0 Å². The van der Waals surface area contributed by atoms with E-state index >= 15 is 0 Å². The van der Waals surface area contributed by atoms with Crippen LogP contribution in [0.3, 0.4) is 0 Å². The number of carbonyl (C=O) groups excluding carboxylic acids is 4. The van der Waals surface area contributed by atoms with E-state index in [-0.39, 0.29) is 24.2 Å². The summed E-state index contributed by atoms with van der Waals surface area (Å²) in [7, 11) is 0. The number of piperidine rings is 1. The highest BCUT2D eigenvalue weighted by Crippen LogP contribution is 2.33. The minimum absolute atomic E-state index is 0.111. The molecule has 1 unspecified atom stereocenters. The van der Waals surface area contributed by atoms with E-state index in [0.717, 1.165) is 16.9 Å². The van der Waals surface area contributed by atoms with Crippen molar-refractivity contribution in [1.82, 2.24) is 10.2 Å². The minimum Gasteiger partial charge on any atom is -0.295 e. The number of carbonyl (C=O) groups is 4. The fourth-order valence-electron chi connectivity index (χ4n) is 3.10. The van der Waals surface area contributed by atoms with Crippen LogP contribution in [0.15, 0.2) is 18.2 Å². The Balaban J connectivity index is 1.97. The second kappa shape index (κ2) is 5.54. The van der Waals surface area contributed by atoms with E-state index < -0.39 is 23.8 Å². The van der Waals surface area contributed by atoms with Gasteiger partial charge in [-0.15, -0.1) is 0 Å². The molecule has 2 heterocycles. The maximum absolute atomic E-state index is 12.7. The van der Waals surface area contributed by atoms with Gasteiger partial charge >= 0.3 is 0 Å². The normalized spacial score (nSPS) is 21.1. The molecule has 0 saturated carbocycles. The van der Waals surface area contributed by atoms with E-state index in [9.17, 15) is 19.2 Å². The number of amides is 4. The molecule has 1 aromatic carbocycles. The molecular weight excluding hydrogens is 308 g/mol. The van der Waals surface area contributed by atoms with Gasteiger partial charge in [0.15, 0.2) is 0 Å². The maximum Gasteiger partial charge on any atom is 0.262 e. The maximum atomic E-state index is 12.7. The monoisotopic (exact) mass is 328 g/mol. The van der Waals surface area contributed by atoms with Gasteiger partial charge in [-0.05, 0) is 36.0 Å². The summed E-state index contributed by atoms with van der Waals surface area (Å²) in [6.07, 6.45) is 1.19. The molecule has 6 heteroatoms. The van der Waals surface area contributed by atoms with Crippen LogP contribution in [0.25, 0.3) is 0 Å². The first-order valence-corrected chi connectivity index (χ1v) is 8.12. The predicted molar refractivity (Wildman–Crippen MR) is 86.4 cm³/mol. The number of benzene rings is 1. The van der Waals surface area contributed by atoms with Crippen molar-refractivity contribution in [2.45, 2.75) is 51.5 Å². The highest BCUT2D eigenvalue weighted by Gasteiger charge is 2.44. The number of hydrogen-bond donors (Lipinski definition) is 1. The van der Waals surface area contributed by atoms with Crippen LogP contribution in [-0.2, 0) is 15.0 Å². The number of nitrogens with zero attached hydrogens (tertiary/aromatic N) is 1. The molecule has 24 heavy (non-hydrogen) atoms. The SMILES string of the molecule is CCC(C)(C)c1ccc2c(c1)C(=O)N(C1CCC(=O)NC1=O)C2=O. The molecule has 1 fully saturated rings. The van der Waals surface area contributed by atoms with E-state index in [1.165, 1.54) is 0 Å². The van der Waals surface area contributed by atoms with Gasteiger partial charge in [0.05, 0.1) is 11.1 Å². The van der Waals surface area contributed by atoms with E-state index in [4.69, 9.17) is 0 Å². The number of nitrogens with one attached hydrogen (secondary N) is 1. The zero-order chi connectivity index (χ0) is 17.6. The molecular formula is C18H20N2O4. The Labute approximate surface area is 140 Å². The summed E-state index contributed by atoms with van der Waals surface area (Å²) in [6.45, 7) is 6.22. The highest BCUT2D eigenvalue weighted by atomic mass is 16.2. The second-order valence-electron chi connectivity index (χ2n) is 6.95. The fraction of sp³-hybridized carbons (Fsp3) is 0.444. The Bertz CT molecular complexity index is 766. The van der Waals surface area contributed by atoms with E-state index in [1.807, 2.05) is 6.07 Å².